The van der Waals surface area contributed by atoms with E-state index >= 15 is 0 Å². The summed E-state index contributed by atoms with van der Waals surface area (Å²) in [7, 11) is 1.62. The molecule has 0 saturated carbocycles. The zero-order valence-electron chi connectivity index (χ0n) is 7.19. The molecule has 2 rings (SSSR count). The smallest absolute Gasteiger partial charge is 0.134 e. The number of benzene rings is 1. The third-order valence-corrected chi connectivity index (χ3v) is 1.87. The minimum absolute atomic E-state index is 0.493. The Labute approximate surface area is 75.4 Å². The highest BCUT2D eigenvalue weighted by atomic mass is 16.5. The molecular weight excluding hydrogens is 166 g/mol. The third kappa shape index (κ3) is 1.26. The van der Waals surface area contributed by atoms with Crippen LogP contribution in [0, 0.1) is 0 Å². The van der Waals surface area contributed by atoms with Crippen LogP contribution in [0.25, 0.3) is 10.9 Å². The Balaban J connectivity index is 2.72. The summed E-state index contributed by atoms with van der Waals surface area (Å²) in [6.07, 6.45) is 1.44. The van der Waals surface area contributed by atoms with E-state index in [1.54, 1.807) is 7.11 Å². The van der Waals surface area contributed by atoms with Crippen LogP contribution in [0.1, 0.15) is 0 Å². The van der Waals surface area contributed by atoms with Gasteiger partial charge in [0.2, 0.25) is 0 Å². The van der Waals surface area contributed by atoms with Gasteiger partial charge in [0.1, 0.15) is 17.9 Å². The van der Waals surface area contributed by atoms with Crippen LogP contribution >= 0.6 is 0 Å². The molecule has 0 fully saturated rings. The second-order valence-electron chi connectivity index (χ2n) is 2.64. The fourth-order valence-electron chi connectivity index (χ4n) is 1.18. The van der Waals surface area contributed by atoms with Crippen molar-refractivity contribution in [3.8, 4) is 5.75 Å². The number of anilines is 1. The summed E-state index contributed by atoms with van der Waals surface area (Å²) < 4.78 is 5.06. The second kappa shape index (κ2) is 2.90. The van der Waals surface area contributed by atoms with Crippen LogP contribution in [0.5, 0.6) is 5.75 Å². The minimum Gasteiger partial charge on any atom is -0.497 e. The average molecular weight is 175 g/mol. The van der Waals surface area contributed by atoms with E-state index in [-0.39, 0.29) is 0 Å². The maximum atomic E-state index is 5.66. The summed E-state index contributed by atoms with van der Waals surface area (Å²) in [5.41, 5.74) is 6.45. The molecule has 2 N–H and O–H groups in total. The van der Waals surface area contributed by atoms with Crippen molar-refractivity contribution >= 4 is 16.7 Å². The Morgan fingerprint density at radius 2 is 2.15 bits per heavy atom. The lowest BCUT2D eigenvalue weighted by Crippen LogP contribution is -1.93. The minimum atomic E-state index is 0.493. The lowest BCUT2D eigenvalue weighted by Gasteiger charge is -2.02. The van der Waals surface area contributed by atoms with Gasteiger partial charge in [0.05, 0.1) is 12.6 Å². The van der Waals surface area contributed by atoms with Crippen molar-refractivity contribution in [2.45, 2.75) is 0 Å². The van der Waals surface area contributed by atoms with E-state index in [1.807, 2.05) is 18.2 Å². The summed E-state index contributed by atoms with van der Waals surface area (Å²) in [6.45, 7) is 0. The molecule has 0 aliphatic carbocycles. The number of ether oxygens (including phenoxy) is 1. The van der Waals surface area contributed by atoms with Crippen molar-refractivity contribution in [1.29, 1.82) is 0 Å². The maximum absolute atomic E-state index is 5.66. The van der Waals surface area contributed by atoms with Crippen LogP contribution in [0.3, 0.4) is 0 Å². The molecule has 0 radical (unpaired) electrons. The summed E-state index contributed by atoms with van der Waals surface area (Å²) in [5.74, 6) is 1.26. The number of nitrogens with two attached hydrogens (primary N) is 1. The third-order valence-electron chi connectivity index (χ3n) is 1.87. The SMILES string of the molecule is COc1ccc2c(N)ncnc2c1. The van der Waals surface area contributed by atoms with Crippen molar-refractivity contribution in [3.63, 3.8) is 0 Å². The highest BCUT2D eigenvalue weighted by Gasteiger charge is 2.00. The molecule has 2 aromatic rings. The number of fused-ring (bicyclic) bond motifs is 1. The lowest BCUT2D eigenvalue weighted by atomic mass is 10.2. The summed E-state index contributed by atoms with van der Waals surface area (Å²) >= 11 is 0. The molecular formula is C9H9N3O. The lowest BCUT2D eigenvalue weighted by molar-refractivity contribution is 0.415. The van der Waals surface area contributed by atoms with Crippen LogP contribution in [-0.2, 0) is 0 Å². The van der Waals surface area contributed by atoms with Crippen LogP contribution in [0.15, 0.2) is 24.5 Å². The summed E-state index contributed by atoms with van der Waals surface area (Å²) in [4.78, 5) is 7.97. The van der Waals surface area contributed by atoms with Gasteiger partial charge in [0.25, 0.3) is 0 Å². The summed E-state index contributed by atoms with van der Waals surface area (Å²) in [5, 5.41) is 0.850. The van der Waals surface area contributed by atoms with Crippen LogP contribution in [-0.4, -0.2) is 17.1 Å². The molecule has 1 aromatic heterocycles. The van der Waals surface area contributed by atoms with Crippen LogP contribution in [0.2, 0.25) is 0 Å². The van der Waals surface area contributed by atoms with Gasteiger partial charge in [-0.05, 0) is 12.1 Å². The Bertz CT molecular complexity index is 442. The number of rotatable bonds is 1. The molecule has 66 valence electrons. The number of nitrogens with zero attached hydrogens (tertiary/aromatic N) is 2. The molecule has 0 aliphatic heterocycles. The zero-order chi connectivity index (χ0) is 9.26. The zero-order valence-corrected chi connectivity index (χ0v) is 7.19. The van der Waals surface area contributed by atoms with Gasteiger partial charge >= 0.3 is 0 Å². The quantitative estimate of drug-likeness (QED) is 0.707. The highest BCUT2D eigenvalue weighted by Crippen LogP contribution is 2.21. The van der Waals surface area contributed by atoms with Gasteiger partial charge < -0.3 is 10.5 Å². The Morgan fingerprint density at radius 1 is 1.31 bits per heavy atom. The molecule has 0 atom stereocenters. The number of nitrogen functional groups attached to an aromatic ring is 1. The fourth-order valence-corrected chi connectivity index (χ4v) is 1.18. The van der Waals surface area contributed by atoms with Gasteiger partial charge in [-0.1, -0.05) is 0 Å². The first-order valence-corrected chi connectivity index (χ1v) is 3.85. The molecule has 0 unspecified atom stereocenters. The van der Waals surface area contributed by atoms with E-state index < -0.39 is 0 Å². The topological polar surface area (TPSA) is 61.0 Å². The van der Waals surface area contributed by atoms with Crippen molar-refractivity contribution in [2.75, 3.05) is 12.8 Å². The molecule has 0 saturated heterocycles. The molecule has 0 aliphatic rings. The van der Waals surface area contributed by atoms with Gasteiger partial charge in [-0.3, -0.25) is 0 Å². The molecule has 0 bridgehead atoms. The predicted molar refractivity (Wildman–Crippen MR) is 50.5 cm³/mol. The van der Waals surface area contributed by atoms with Crippen LogP contribution < -0.4 is 10.5 Å². The molecule has 0 amide bonds. The van der Waals surface area contributed by atoms with Crippen LogP contribution in [0.4, 0.5) is 5.82 Å². The summed E-state index contributed by atoms with van der Waals surface area (Å²) in [6, 6.07) is 5.51. The van der Waals surface area contributed by atoms with Gasteiger partial charge in [-0.25, -0.2) is 9.97 Å². The predicted octanol–water partition coefficient (Wildman–Crippen LogP) is 1.22. The molecule has 1 aromatic carbocycles. The van der Waals surface area contributed by atoms with Gasteiger partial charge in [-0.2, -0.15) is 0 Å². The van der Waals surface area contributed by atoms with E-state index in [0.29, 0.717) is 5.82 Å². The molecule has 0 spiro atoms. The second-order valence-corrected chi connectivity index (χ2v) is 2.64. The van der Waals surface area contributed by atoms with Crippen molar-refractivity contribution in [1.82, 2.24) is 9.97 Å². The first kappa shape index (κ1) is 7.79. The van der Waals surface area contributed by atoms with Gasteiger partial charge in [-0.15, -0.1) is 0 Å². The standard InChI is InChI=1S/C9H9N3O/c1-13-6-2-3-7-8(4-6)11-5-12-9(7)10/h2-5H,1H3,(H2,10,11,12). The molecule has 4 heteroatoms. The van der Waals surface area contributed by atoms with E-state index in [0.717, 1.165) is 16.7 Å². The van der Waals surface area contributed by atoms with E-state index in [2.05, 4.69) is 9.97 Å². The maximum Gasteiger partial charge on any atom is 0.134 e. The number of methoxy groups -OCH3 is 1. The number of aromatic nitrogens is 2. The largest absolute Gasteiger partial charge is 0.497 e. The Hall–Kier alpha value is -1.84. The highest BCUT2D eigenvalue weighted by molar-refractivity contribution is 5.88. The molecule has 4 nitrogen and oxygen atoms in total. The van der Waals surface area contributed by atoms with Crippen molar-refractivity contribution < 1.29 is 4.74 Å². The Morgan fingerprint density at radius 3 is 2.92 bits per heavy atom. The number of hydrogen-bond acceptors (Lipinski definition) is 4. The Kier molecular flexibility index (Phi) is 1.73. The first-order valence-electron chi connectivity index (χ1n) is 3.85. The van der Waals surface area contributed by atoms with E-state index in [1.165, 1.54) is 6.33 Å². The van der Waals surface area contributed by atoms with Gasteiger partial charge in [0, 0.05) is 11.5 Å². The van der Waals surface area contributed by atoms with Gasteiger partial charge in [0.15, 0.2) is 0 Å². The normalized spacial score (nSPS) is 10.2. The van der Waals surface area contributed by atoms with E-state index in [9.17, 15) is 0 Å². The van der Waals surface area contributed by atoms with E-state index in [4.69, 9.17) is 10.5 Å². The van der Waals surface area contributed by atoms with Crippen molar-refractivity contribution in [2.24, 2.45) is 0 Å². The average Bonchev–Trinajstić information content (AvgIpc) is 2.18. The first-order chi connectivity index (χ1) is 6.31. The monoisotopic (exact) mass is 175 g/mol. The molecule has 13 heavy (non-hydrogen) atoms. The number of hydrogen-bond donors (Lipinski definition) is 1. The molecule has 1 heterocycles. The van der Waals surface area contributed by atoms with Crippen molar-refractivity contribution in [3.05, 3.63) is 24.5 Å². The fraction of sp³-hybridized carbons (Fsp3) is 0.111.